The quantitative estimate of drug-likeness (QED) is 0.841. The van der Waals surface area contributed by atoms with Gasteiger partial charge in [0.15, 0.2) is 0 Å². The van der Waals surface area contributed by atoms with Crippen LogP contribution in [0.4, 0.5) is 5.69 Å². The number of benzene rings is 1. The molecule has 0 spiro atoms. The number of nitrogens with one attached hydrogen (secondary N) is 1. The van der Waals surface area contributed by atoms with Crippen LogP contribution in [0.25, 0.3) is 0 Å². The first-order chi connectivity index (χ1) is 8.69. The Bertz CT molecular complexity index is 545. The molecule has 18 heavy (non-hydrogen) atoms. The smallest absolute Gasteiger partial charge is 0.337 e. The first kappa shape index (κ1) is 12.2. The number of furan rings is 1. The maximum Gasteiger partial charge on any atom is 0.337 e. The standard InChI is InChI=1S/C14H15NO3/c1-10-6-7-13(18-10)9-15-12-5-3-4-11(8-12)14(16)17-2/h3-8,15H,9H2,1-2H3. The molecule has 0 unspecified atom stereocenters. The average molecular weight is 245 g/mol. The van der Waals surface area contributed by atoms with Gasteiger partial charge in [-0.2, -0.15) is 0 Å². The molecule has 0 amide bonds. The molecule has 1 aromatic carbocycles. The molecular formula is C14H15NO3. The maximum absolute atomic E-state index is 11.4. The largest absolute Gasteiger partial charge is 0.465 e. The van der Waals surface area contributed by atoms with Crippen LogP contribution in [0.15, 0.2) is 40.8 Å². The number of aryl methyl sites for hydroxylation is 1. The summed E-state index contributed by atoms with van der Waals surface area (Å²) in [7, 11) is 1.37. The van der Waals surface area contributed by atoms with Crippen molar-refractivity contribution in [2.45, 2.75) is 13.5 Å². The van der Waals surface area contributed by atoms with E-state index in [9.17, 15) is 4.79 Å². The van der Waals surface area contributed by atoms with Crippen molar-refractivity contribution >= 4 is 11.7 Å². The number of esters is 1. The minimum absolute atomic E-state index is 0.340. The molecule has 0 bridgehead atoms. The monoisotopic (exact) mass is 245 g/mol. The van der Waals surface area contributed by atoms with Crippen molar-refractivity contribution in [3.8, 4) is 0 Å². The Labute approximate surface area is 106 Å². The van der Waals surface area contributed by atoms with Crippen molar-refractivity contribution in [2.24, 2.45) is 0 Å². The summed E-state index contributed by atoms with van der Waals surface area (Å²) in [5, 5.41) is 3.19. The van der Waals surface area contributed by atoms with Gasteiger partial charge in [-0.25, -0.2) is 4.79 Å². The Balaban J connectivity index is 2.03. The lowest BCUT2D eigenvalue weighted by atomic mass is 10.2. The normalized spacial score (nSPS) is 10.1. The van der Waals surface area contributed by atoms with Crippen molar-refractivity contribution in [2.75, 3.05) is 12.4 Å². The van der Waals surface area contributed by atoms with E-state index in [-0.39, 0.29) is 5.97 Å². The number of anilines is 1. The van der Waals surface area contributed by atoms with Crippen molar-refractivity contribution in [3.63, 3.8) is 0 Å². The molecule has 0 aliphatic rings. The first-order valence-corrected chi connectivity index (χ1v) is 5.66. The van der Waals surface area contributed by atoms with Gasteiger partial charge in [0.05, 0.1) is 19.2 Å². The number of methoxy groups -OCH3 is 1. The second-order valence-electron chi connectivity index (χ2n) is 3.94. The highest BCUT2D eigenvalue weighted by molar-refractivity contribution is 5.90. The summed E-state index contributed by atoms with van der Waals surface area (Å²) in [6, 6.07) is 11.0. The van der Waals surface area contributed by atoms with Gasteiger partial charge in [0.25, 0.3) is 0 Å². The number of hydrogen-bond donors (Lipinski definition) is 1. The van der Waals surface area contributed by atoms with Crippen molar-refractivity contribution in [1.29, 1.82) is 0 Å². The molecule has 4 heteroatoms. The fourth-order valence-corrected chi connectivity index (χ4v) is 1.64. The molecule has 0 fully saturated rings. The summed E-state index contributed by atoms with van der Waals surface area (Å²) >= 11 is 0. The summed E-state index contributed by atoms with van der Waals surface area (Å²) in [6.45, 7) is 2.49. The summed E-state index contributed by atoms with van der Waals surface area (Å²) in [6.07, 6.45) is 0. The highest BCUT2D eigenvalue weighted by atomic mass is 16.5. The molecule has 94 valence electrons. The maximum atomic E-state index is 11.4. The second-order valence-corrected chi connectivity index (χ2v) is 3.94. The lowest BCUT2D eigenvalue weighted by Gasteiger charge is -2.06. The molecule has 1 N–H and O–H groups in total. The Hall–Kier alpha value is -2.23. The summed E-state index contributed by atoms with van der Waals surface area (Å²) < 4.78 is 10.1. The van der Waals surface area contributed by atoms with Crippen LogP contribution >= 0.6 is 0 Å². The molecule has 2 aromatic rings. The molecule has 2 rings (SSSR count). The zero-order chi connectivity index (χ0) is 13.0. The third-order valence-corrected chi connectivity index (χ3v) is 2.55. The minimum atomic E-state index is -0.340. The van der Waals surface area contributed by atoms with Gasteiger partial charge in [-0.3, -0.25) is 0 Å². The number of ether oxygens (including phenoxy) is 1. The third-order valence-electron chi connectivity index (χ3n) is 2.55. The van der Waals surface area contributed by atoms with Gasteiger partial charge in [-0.05, 0) is 37.3 Å². The summed E-state index contributed by atoms with van der Waals surface area (Å²) in [5.41, 5.74) is 1.38. The van der Waals surface area contributed by atoms with Gasteiger partial charge in [0.1, 0.15) is 11.5 Å². The molecule has 0 aliphatic carbocycles. The van der Waals surface area contributed by atoms with E-state index in [0.717, 1.165) is 17.2 Å². The van der Waals surface area contributed by atoms with E-state index in [4.69, 9.17) is 4.42 Å². The second kappa shape index (κ2) is 5.40. The van der Waals surface area contributed by atoms with Crippen LogP contribution in [0.3, 0.4) is 0 Å². The van der Waals surface area contributed by atoms with Crippen LogP contribution in [-0.2, 0) is 11.3 Å². The van der Waals surface area contributed by atoms with E-state index >= 15 is 0 Å². The predicted molar refractivity (Wildman–Crippen MR) is 68.6 cm³/mol. The number of carbonyl (C=O) groups is 1. The van der Waals surface area contributed by atoms with E-state index in [0.29, 0.717) is 12.1 Å². The third kappa shape index (κ3) is 2.91. The lowest BCUT2D eigenvalue weighted by Crippen LogP contribution is -2.03. The summed E-state index contributed by atoms with van der Waals surface area (Å²) in [5.74, 6) is 1.40. The highest BCUT2D eigenvalue weighted by Crippen LogP contribution is 2.14. The molecule has 4 nitrogen and oxygen atoms in total. The van der Waals surface area contributed by atoms with Crippen LogP contribution in [0, 0.1) is 6.92 Å². The van der Waals surface area contributed by atoms with Crippen molar-refractivity contribution < 1.29 is 13.9 Å². The highest BCUT2D eigenvalue weighted by Gasteiger charge is 2.05. The fourth-order valence-electron chi connectivity index (χ4n) is 1.64. The Morgan fingerprint density at radius 1 is 1.33 bits per heavy atom. The molecule has 1 aromatic heterocycles. The molecule has 1 heterocycles. The van der Waals surface area contributed by atoms with E-state index in [1.54, 1.807) is 12.1 Å². The zero-order valence-electron chi connectivity index (χ0n) is 10.4. The van der Waals surface area contributed by atoms with E-state index in [1.165, 1.54) is 7.11 Å². The minimum Gasteiger partial charge on any atom is -0.465 e. The van der Waals surface area contributed by atoms with E-state index in [1.807, 2.05) is 31.2 Å². The Kier molecular flexibility index (Phi) is 3.67. The molecule has 0 atom stereocenters. The fraction of sp³-hybridized carbons (Fsp3) is 0.214. The van der Waals surface area contributed by atoms with Gasteiger partial charge in [0, 0.05) is 5.69 Å². The van der Waals surface area contributed by atoms with Crippen LogP contribution in [0.1, 0.15) is 21.9 Å². The van der Waals surface area contributed by atoms with E-state index < -0.39 is 0 Å². The summed E-state index contributed by atoms with van der Waals surface area (Å²) in [4.78, 5) is 11.4. The molecule has 0 radical (unpaired) electrons. The van der Waals surface area contributed by atoms with Gasteiger partial charge in [-0.15, -0.1) is 0 Å². The lowest BCUT2D eigenvalue weighted by molar-refractivity contribution is 0.0601. The van der Waals surface area contributed by atoms with Gasteiger partial charge < -0.3 is 14.5 Å². The van der Waals surface area contributed by atoms with Crippen molar-refractivity contribution in [1.82, 2.24) is 0 Å². The first-order valence-electron chi connectivity index (χ1n) is 5.66. The van der Waals surface area contributed by atoms with Crippen LogP contribution < -0.4 is 5.32 Å². The van der Waals surface area contributed by atoms with Gasteiger partial charge in [-0.1, -0.05) is 6.07 Å². The van der Waals surface area contributed by atoms with Gasteiger partial charge >= 0.3 is 5.97 Å². The molecule has 0 saturated carbocycles. The van der Waals surface area contributed by atoms with Crippen molar-refractivity contribution in [3.05, 3.63) is 53.5 Å². The number of hydrogen-bond acceptors (Lipinski definition) is 4. The van der Waals surface area contributed by atoms with E-state index in [2.05, 4.69) is 10.1 Å². The number of carbonyl (C=O) groups excluding carboxylic acids is 1. The average Bonchev–Trinajstić information content (AvgIpc) is 2.81. The predicted octanol–water partition coefficient (Wildman–Crippen LogP) is 2.99. The van der Waals surface area contributed by atoms with Crippen LogP contribution in [0.5, 0.6) is 0 Å². The SMILES string of the molecule is COC(=O)c1cccc(NCc2ccc(C)o2)c1. The molecule has 0 saturated heterocycles. The molecule has 0 aliphatic heterocycles. The Morgan fingerprint density at radius 3 is 2.83 bits per heavy atom. The topological polar surface area (TPSA) is 51.5 Å². The Morgan fingerprint density at radius 2 is 2.17 bits per heavy atom. The van der Waals surface area contributed by atoms with Gasteiger partial charge in [0.2, 0.25) is 0 Å². The number of rotatable bonds is 4. The van der Waals surface area contributed by atoms with Crippen LogP contribution in [-0.4, -0.2) is 13.1 Å². The zero-order valence-corrected chi connectivity index (χ0v) is 10.4. The van der Waals surface area contributed by atoms with Crippen LogP contribution in [0.2, 0.25) is 0 Å². The molecular weight excluding hydrogens is 230 g/mol.